The van der Waals surface area contributed by atoms with Gasteiger partial charge in [-0.1, -0.05) is 164 Å². The maximum atomic E-state index is 12.2. The number of H-pyrrole nitrogens is 2. The van der Waals surface area contributed by atoms with Crippen LogP contribution in [-0.4, -0.2) is 93.8 Å². The smallest absolute Gasteiger partial charge is 0.347 e. The van der Waals surface area contributed by atoms with Crippen molar-refractivity contribution in [2.45, 2.75) is 122 Å². The predicted molar refractivity (Wildman–Crippen MR) is 562 cm³/mol. The van der Waals surface area contributed by atoms with Crippen LogP contribution in [0.3, 0.4) is 0 Å². The van der Waals surface area contributed by atoms with Gasteiger partial charge in [-0.3, -0.25) is 9.59 Å². The number of benzene rings is 12. The molecule has 25 nitrogen and oxygen atoms in total. The maximum absolute atomic E-state index is 12.2. The third kappa shape index (κ3) is 24.3. The van der Waals surface area contributed by atoms with Crippen LogP contribution in [0.15, 0.2) is 279 Å². The maximum Gasteiger partial charge on any atom is 0.347 e. The Labute approximate surface area is 820 Å². The number of carbonyl (C=O) groups is 2. The van der Waals surface area contributed by atoms with Crippen LogP contribution >= 0.6 is 0 Å². The van der Waals surface area contributed by atoms with Gasteiger partial charge in [0.1, 0.15) is 63.5 Å². The minimum Gasteiger partial charge on any atom is -0.481 e. The molecule has 2 fully saturated rings. The number of carboxylic acid groups (broad SMARTS) is 1. The van der Waals surface area contributed by atoms with Crippen molar-refractivity contribution in [2.75, 3.05) is 25.2 Å². The average molecular weight is 1930 g/mol. The summed E-state index contributed by atoms with van der Waals surface area (Å²) in [5.74, 6) is 9.01. The molecule has 5 aromatic heterocycles. The lowest BCUT2D eigenvalue weighted by Gasteiger charge is -2.12. The number of aromatic amines is 2. The number of ether oxygens (including phenoxy) is 2. The van der Waals surface area contributed by atoms with Crippen molar-refractivity contribution in [3.8, 4) is 36.2 Å². The Kier molecular flexibility index (Phi) is 30.5. The van der Waals surface area contributed by atoms with E-state index in [9.17, 15) is 45.9 Å². The highest BCUT2D eigenvalue weighted by atomic mass is 32.2. The number of nitrogen functional groups attached to an aromatic ring is 1. The monoisotopic (exact) mass is 1930 g/mol. The molecule has 142 heavy (non-hydrogen) atoms. The number of aryl methyl sites for hydroxylation is 10. The first-order valence-corrected chi connectivity index (χ1v) is 49.0. The number of nitrogens with zero attached hydrogens (tertiary/aromatic N) is 6. The number of carbonyl (C=O) groups excluding carboxylic acids is 1. The van der Waals surface area contributed by atoms with Crippen LogP contribution in [0, 0.1) is 93.9 Å². The van der Waals surface area contributed by atoms with Gasteiger partial charge in [-0.2, -0.15) is 0 Å². The SMILES string of the molecule is C#CCOc1ccc(/C=C/C2=Nc3ccccc3CC2=O)cc1C.C#CCOc1ccc(/C=C/c2nc3ccccc3c(=O)o2)cc1C.Cc1ccc(/C=C/c2nc3c(C(=O)O)cccc3c(=O)[nH]2)cc1C.Cc1ccc(/C=C/c2nc3c(N)cccc3c(=O)o2)cc1C.Cc1ccc(C2CC2c2nc3c(S(C)(=O)=O)cccc3[nH]2)cc1C.Cc1ccc(C2CC2c2nc3c(S(N)(=O)=O)cccc3o2)cc1C. The molecule has 3 aliphatic rings. The number of allylic oxidation sites excluding steroid dienone is 1. The van der Waals surface area contributed by atoms with Crippen LogP contribution in [0.4, 0.5) is 11.4 Å². The lowest BCUT2D eigenvalue weighted by Crippen LogP contribution is -2.17. The van der Waals surface area contributed by atoms with Crippen molar-refractivity contribution in [3.05, 3.63) is 397 Å². The number of imidazole rings is 1. The van der Waals surface area contributed by atoms with Crippen molar-refractivity contribution in [1.29, 1.82) is 0 Å². The van der Waals surface area contributed by atoms with Gasteiger partial charge in [0, 0.05) is 36.7 Å². The van der Waals surface area contributed by atoms with Crippen molar-refractivity contribution in [2.24, 2.45) is 10.1 Å². The van der Waals surface area contributed by atoms with E-state index >= 15 is 0 Å². The zero-order chi connectivity index (χ0) is 101. The zero-order valence-electron chi connectivity index (χ0n) is 79.9. The van der Waals surface area contributed by atoms with E-state index < -0.39 is 37.1 Å². The van der Waals surface area contributed by atoms with Crippen LogP contribution < -0.4 is 37.2 Å². The standard InChI is InChI=1S/C21H17NO2.C20H15NO3.C19H16N2O3.C19H20N2O2S.C18H18N2O3S.C18H16N2O2/c1-3-12-24-21-11-9-16(13-15(21)2)8-10-19-20(23)14-17-6-4-5-7-18(17)22-19;1-3-12-23-18-10-8-15(13-14(18)2)9-11-19-21-17-7-5-4-6-16(17)20(22)24-19;1-11-6-7-13(10-12(11)2)8-9-16-20-17-14(18(22)21-16)4-3-5-15(17)19(23)24;1-11-7-8-13(9-12(11)2)14-10-15(14)19-20-16-5-4-6-17(18(16)21-19)24(3,22)23;1-10-6-7-12(8-11(10)2)13-9-14(13)18-20-17-15(23-18)4-3-5-16(17)24(19,21)22;1-11-6-7-13(10-12(11)2)8-9-16-20-17-14(18(21)22-16)4-3-5-15(17)19/h1,4-11,13H,12,14H2,2H3;1,4-11,13H,12H2,2H3;3-10H,1-2H3,(H,23,24)(H,20,21,22);4-9,14-15H,10H2,1-3H3,(H,20,21);3-8,13-14H,9H2,1-2H3,(H2,19,21,22);3-10H,19H2,1-2H3/b10-8+;11-9+;9-8+;;;9-8+. The number of aromatic carboxylic acids is 1. The molecule has 0 amide bonds. The summed E-state index contributed by atoms with van der Waals surface area (Å²) in [6, 6.07) is 71.2. The van der Waals surface area contributed by atoms with Crippen LogP contribution in [0.5, 0.6) is 11.5 Å². The van der Waals surface area contributed by atoms with Crippen molar-refractivity contribution in [3.63, 3.8) is 0 Å². The summed E-state index contributed by atoms with van der Waals surface area (Å²) in [6.45, 7) is 21.0. The zero-order valence-corrected chi connectivity index (χ0v) is 81.5. The highest BCUT2D eigenvalue weighted by Crippen LogP contribution is 2.56. The average Bonchev–Trinajstić information content (AvgIpc) is 1.60. The molecule has 1 aliphatic heterocycles. The summed E-state index contributed by atoms with van der Waals surface area (Å²) in [5, 5.41) is 15.6. The Morgan fingerprint density at radius 3 is 1.56 bits per heavy atom. The Hall–Kier alpha value is -16.9. The molecule has 20 rings (SSSR count). The molecule has 2 aliphatic carbocycles. The molecular weight excluding hydrogens is 1830 g/mol. The fourth-order valence-electron chi connectivity index (χ4n) is 16.2. The molecule has 4 unspecified atom stereocenters. The molecule has 0 bridgehead atoms. The third-order valence-corrected chi connectivity index (χ3v) is 26.7. The molecule has 2 saturated carbocycles. The number of hydrogen-bond donors (Lipinski definition) is 5. The van der Waals surface area contributed by atoms with E-state index in [1.54, 1.807) is 91.0 Å². The molecule has 12 aromatic carbocycles. The van der Waals surface area contributed by atoms with E-state index in [0.717, 1.165) is 80.3 Å². The number of carboxylic acids is 1. The number of primary sulfonamides is 1. The Balaban J connectivity index is 0.000000129. The Morgan fingerprint density at radius 1 is 0.465 bits per heavy atom. The number of hydrogen-bond acceptors (Lipinski definition) is 21. The summed E-state index contributed by atoms with van der Waals surface area (Å²) in [6.07, 6.45) is 28.2. The number of nitrogens with one attached hydrogen (secondary N) is 2. The number of ketones is 1. The first-order chi connectivity index (χ1) is 68.0. The Morgan fingerprint density at radius 2 is 0.972 bits per heavy atom. The van der Waals surface area contributed by atoms with Crippen LogP contribution in [0.1, 0.15) is 171 Å². The number of terminal acetylenes is 2. The second-order valence-corrected chi connectivity index (χ2v) is 38.5. The minimum atomic E-state index is -3.82. The molecule has 4 atom stereocenters. The van der Waals surface area contributed by atoms with Gasteiger partial charge in [-0.15, -0.1) is 12.8 Å². The van der Waals surface area contributed by atoms with Crippen LogP contribution in [0.25, 0.3) is 97.4 Å². The lowest BCUT2D eigenvalue weighted by atomic mass is 9.99. The van der Waals surface area contributed by atoms with E-state index in [2.05, 4.69) is 142 Å². The first kappa shape index (κ1) is 99.6. The van der Waals surface area contributed by atoms with Gasteiger partial charge in [0.15, 0.2) is 27.1 Å². The quantitative estimate of drug-likeness (QED) is 0.0371. The summed E-state index contributed by atoms with van der Waals surface area (Å²) >= 11 is 0. The number of anilines is 1. The van der Waals surface area contributed by atoms with Gasteiger partial charge in [0.2, 0.25) is 21.8 Å². The summed E-state index contributed by atoms with van der Waals surface area (Å²) in [5.41, 5.74) is 29.4. The third-order valence-electron chi connectivity index (χ3n) is 24.7. The number of fused-ring (bicyclic) bond motifs is 6. The molecule has 17 aromatic rings. The van der Waals surface area contributed by atoms with E-state index in [1.165, 1.54) is 80.1 Å². The first-order valence-electron chi connectivity index (χ1n) is 45.5. The van der Waals surface area contributed by atoms with Crippen molar-refractivity contribution >= 4 is 146 Å². The molecule has 714 valence electrons. The van der Waals surface area contributed by atoms with Gasteiger partial charge in [0.25, 0.3) is 5.56 Å². The number of nitrogens with two attached hydrogens (primary N) is 2. The summed E-state index contributed by atoms with van der Waals surface area (Å²) < 4.78 is 74.4. The number of aromatic nitrogens is 7. The molecule has 6 heterocycles. The summed E-state index contributed by atoms with van der Waals surface area (Å²) in [4.78, 5) is 92.3. The van der Waals surface area contributed by atoms with E-state index in [-0.39, 0.29) is 63.6 Å². The molecule has 0 spiro atoms. The van der Waals surface area contributed by atoms with E-state index in [4.69, 9.17) is 46.4 Å². The van der Waals surface area contributed by atoms with Crippen LogP contribution in [-0.2, 0) is 31.1 Å². The number of para-hydroxylation sites is 6. The number of sulfone groups is 1. The van der Waals surface area contributed by atoms with Gasteiger partial charge < -0.3 is 43.5 Å². The number of aliphatic imine (C=N–C) groups is 1. The largest absolute Gasteiger partial charge is 0.481 e. The van der Waals surface area contributed by atoms with Crippen molar-refractivity contribution < 1.29 is 54.3 Å². The number of sulfonamides is 1. The molecule has 0 saturated heterocycles. The number of rotatable bonds is 19. The van der Waals surface area contributed by atoms with Crippen molar-refractivity contribution in [1.82, 2.24) is 34.9 Å². The summed E-state index contributed by atoms with van der Waals surface area (Å²) in [7, 11) is -7.10. The van der Waals surface area contributed by atoms with Crippen LogP contribution in [0.2, 0.25) is 0 Å². The normalized spacial score (nSPS) is 14.7. The fourth-order valence-corrected chi connectivity index (χ4v) is 17.7. The van der Waals surface area contributed by atoms with E-state index in [1.807, 2.05) is 149 Å². The molecule has 27 heteroatoms. The van der Waals surface area contributed by atoms with Gasteiger partial charge >= 0.3 is 17.2 Å². The van der Waals surface area contributed by atoms with Gasteiger partial charge in [-0.05, 0) is 304 Å². The lowest BCUT2D eigenvalue weighted by molar-refractivity contribution is -0.112. The number of Topliss-reactive ketones (excluding diaryl/α,β-unsaturated/α-hetero) is 1. The second-order valence-electron chi connectivity index (χ2n) is 35.0. The fraction of sp³-hybridized carbons (Fsp3) is 0.174. The number of oxazole rings is 1. The highest BCUT2D eigenvalue weighted by molar-refractivity contribution is 7.91. The van der Waals surface area contributed by atoms with Gasteiger partial charge in [0.05, 0.1) is 54.5 Å². The topological polar surface area (TPSA) is 392 Å². The minimum absolute atomic E-state index is 0.0124. The molecule has 7 N–H and O–H groups in total. The van der Waals surface area contributed by atoms with Gasteiger partial charge in [-0.25, -0.2) is 66.3 Å². The molecular formula is C115H102N10O15S2. The Bertz CT molecular complexity index is 8350. The van der Waals surface area contributed by atoms with E-state index in [0.29, 0.717) is 90.6 Å². The highest BCUT2D eigenvalue weighted by Gasteiger charge is 2.44. The molecule has 0 radical (unpaired) electrons. The predicted octanol–water partition coefficient (Wildman–Crippen LogP) is 21.8. The second kappa shape index (κ2) is 43.5.